The minimum absolute atomic E-state index is 0.156. The summed E-state index contributed by atoms with van der Waals surface area (Å²) in [6.07, 6.45) is 3.22. The predicted octanol–water partition coefficient (Wildman–Crippen LogP) is 3.05. The van der Waals surface area contributed by atoms with Gasteiger partial charge in [-0.1, -0.05) is 11.2 Å². The van der Waals surface area contributed by atoms with Crippen molar-refractivity contribution in [2.45, 2.75) is 13.2 Å². The van der Waals surface area contributed by atoms with Crippen LogP contribution in [0.4, 0.5) is 0 Å². The van der Waals surface area contributed by atoms with Gasteiger partial charge in [-0.3, -0.25) is 4.79 Å². The average Bonchev–Trinajstić information content (AvgIpc) is 3.35. The van der Waals surface area contributed by atoms with E-state index in [1.807, 2.05) is 17.5 Å². The molecule has 0 aliphatic rings. The molecule has 0 fully saturated rings. The highest BCUT2D eigenvalue weighted by atomic mass is 32.1. The lowest BCUT2D eigenvalue weighted by Crippen LogP contribution is -2.20. The van der Waals surface area contributed by atoms with Crippen LogP contribution < -0.4 is 14.8 Å². The first-order valence-electron chi connectivity index (χ1n) is 7.80. The molecule has 1 aromatic carbocycles. The molecule has 26 heavy (non-hydrogen) atoms. The maximum absolute atomic E-state index is 11.8. The standard InChI is InChI=1S/C18H17N3O4S/c1-23-13-4-6-14(7-5-13)24-12-16-20-18(25-21-16)11-19-17(22)9-8-15-3-2-10-26-15/h2-10H,11-12H2,1H3,(H,19,22). The number of benzene rings is 1. The molecule has 2 heterocycles. The fraction of sp³-hybridized carbons (Fsp3) is 0.167. The van der Waals surface area contributed by atoms with E-state index >= 15 is 0 Å². The fourth-order valence-electron chi connectivity index (χ4n) is 2.01. The van der Waals surface area contributed by atoms with Crippen molar-refractivity contribution in [3.63, 3.8) is 0 Å². The van der Waals surface area contributed by atoms with E-state index in [9.17, 15) is 4.79 Å². The van der Waals surface area contributed by atoms with E-state index in [0.29, 0.717) is 17.5 Å². The molecule has 8 heteroatoms. The Hall–Kier alpha value is -3.13. The summed E-state index contributed by atoms with van der Waals surface area (Å²) in [5.74, 6) is 1.91. The summed E-state index contributed by atoms with van der Waals surface area (Å²) >= 11 is 1.56. The molecule has 0 atom stereocenters. The van der Waals surface area contributed by atoms with Gasteiger partial charge < -0.3 is 19.3 Å². The number of ether oxygens (including phenoxy) is 2. The number of hydrogen-bond donors (Lipinski definition) is 1. The number of aromatic nitrogens is 2. The molecule has 0 bridgehead atoms. The van der Waals surface area contributed by atoms with Gasteiger partial charge in [0.2, 0.25) is 17.6 Å². The van der Waals surface area contributed by atoms with Crippen molar-refractivity contribution in [1.29, 1.82) is 0 Å². The smallest absolute Gasteiger partial charge is 0.246 e. The molecule has 0 radical (unpaired) electrons. The predicted molar refractivity (Wildman–Crippen MR) is 96.8 cm³/mol. The fourth-order valence-corrected chi connectivity index (χ4v) is 2.62. The third-order valence-corrected chi connectivity index (χ3v) is 4.13. The van der Waals surface area contributed by atoms with Gasteiger partial charge in [-0.25, -0.2) is 0 Å². The molecule has 134 valence electrons. The van der Waals surface area contributed by atoms with E-state index in [0.717, 1.165) is 10.6 Å². The summed E-state index contributed by atoms with van der Waals surface area (Å²) in [7, 11) is 1.60. The molecule has 0 saturated carbocycles. The van der Waals surface area contributed by atoms with Crippen LogP contribution in [0.1, 0.15) is 16.6 Å². The average molecular weight is 371 g/mol. The van der Waals surface area contributed by atoms with Crippen LogP contribution in [0, 0.1) is 0 Å². The van der Waals surface area contributed by atoms with Crippen LogP contribution in [0.25, 0.3) is 6.08 Å². The lowest BCUT2D eigenvalue weighted by Gasteiger charge is -2.04. The molecule has 2 aromatic heterocycles. The van der Waals surface area contributed by atoms with E-state index in [2.05, 4.69) is 15.5 Å². The normalized spacial score (nSPS) is 10.8. The number of rotatable bonds is 8. The Morgan fingerprint density at radius 3 is 2.81 bits per heavy atom. The highest BCUT2D eigenvalue weighted by molar-refractivity contribution is 7.10. The van der Waals surface area contributed by atoms with Gasteiger partial charge in [-0.15, -0.1) is 11.3 Å². The summed E-state index contributed by atoms with van der Waals surface area (Å²) in [4.78, 5) is 17.0. The Morgan fingerprint density at radius 2 is 2.08 bits per heavy atom. The minimum atomic E-state index is -0.229. The molecule has 3 rings (SSSR count). The van der Waals surface area contributed by atoms with Gasteiger partial charge in [0.15, 0.2) is 6.61 Å². The number of hydrogen-bond acceptors (Lipinski definition) is 7. The quantitative estimate of drug-likeness (QED) is 0.613. The van der Waals surface area contributed by atoms with Crippen LogP contribution in [-0.2, 0) is 17.9 Å². The van der Waals surface area contributed by atoms with Crippen molar-refractivity contribution in [1.82, 2.24) is 15.5 Å². The molecule has 0 aliphatic heterocycles. The van der Waals surface area contributed by atoms with Gasteiger partial charge in [0.1, 0.15) is 11.5 Å². The molecular weight excluding hydrogens is 354 g/mol. The Balaban J connectivity index is 1.44. The van der Waals surface area contributed by atoms with Crippen molar-refractivity contribution in [3.05, 3.63) is 64.4 Å². The van der Waals surface area contributed by atoms with Gasteiger partial charge in [0.25, 0.3) is 0 Å². The lowest BCUT2D eigenvalue weighted by atomic mass is 10.3. The molecule has 1 amide bonds. The summed E-state index contributed by atoms with van der Waals surface area (Å²) < 4.78 is 15.8. The molecule has 3 aromatic rings. The number of nitrogens with zero attached hydrogens (tertiary/aromatic N) is 2. The third-order valence-electron chi connectivity index (χ3n) is 3.29. The van der Waals surface area contributed by atoms with Crippen molar-refractivity contribution >= 4 is 23.3 Å². The van der Waals surface area contributed by atoms with E-state index in [1.165, 1.54) is 6.08 Å². The molecule has 0 spiro atoms. The number of nitrogens with one attached hydrogen (secondary N) is 1. The molecular formula is C18H17N3O4S. The first-order chi connectivity index (χ1) is 12.7. The monoisotopic (exact) mass is 371 g/mol. The van der Waals surface area contributed by atoms with Gasteiger partial charge in [0, 0.05) is 11.0 Å². The van der Waals surface area contributed by atoms with Crippen LogP contribution in [-0.4, -0.2) is 23.2 Å². The lowest BCUT2D eigenvalue weighted by molar-refractivity contribution is -0.116. The minimum Gasteiger partial charge on any atom is -0.497 e. The van der Waals surface area contributed by atoms with E-state index in [-0.39, 0.29) is 19.1 Å². The maximum Gasteiger partial charge on any atom is 0.246 e. The molecule has 1 N–H and O–H groups in total. The Kier molecular flexibility index (Phi) is 6.00. The zero-order valence-electron chi connectivity index (χ0n) is 14.0. The van der Waals surface area contributed by atoms with Gasteiger partial charge in [-0.2, -0.15) is 4.98 Å². The number of amides is 1. The number of thiophene rings is 1. The topological polar surface area (TPSA) is 86.5 Å². The third kappa shape index (κ3) is 5.18. The van der Waals surface area contributed by atoms with Crippen LogP contribution in [0.2, 0.25) is 0 Å². The molecule has 7 nitrogen and oxygen atoms in total. The zero-order chi connectivity index (χ0) is 18.2. The highest BCUT2D eigenvalue weighted by Gasteiger charge is 2.08. The maximum atomic E-state index is 11.8. The van der Waals surface area contributed by atoms with Crippen LogP contribution in [0.15, 0.2) is 52.4 Å². The Bertz CT molecular complexity index is 857. The van der Waals surface area contributed by atoms with Crippen LogP contribution in [0.5, 0.6) is 11.5 Å². The van der Waals surface area contributed by atoms with E-state index < -0.39 is 0 Å². The zero-order valence-corrected chi connectivity index (χ0v) is 14.9. The second kappa shape index (κ2) is 8.82. The Labute approximate surface area is 154 Å². The number of carbonyl (C=O) groups is 1. The number of carbonyl (C=O) groups excluding carboxylic acids is 1. The molecule has 0 aliphatic carbocycles. The molecule has 0 unspecified atom stereocenters. The summed E-state index contributed by atoms with van der Waals surface area (Å²) in [6.45, 7) is 0.325. The van der Waals surface area contributed by atoms with Crippen molar-refractivity contribution in [2.24, 2.45) is 0 Å². The van der Waals surface area contributed by atoms with Crippen LogP contribution in [0.3, 0.4) is 0 Å². The van der Waals surface area contributed by atoms with Gasteiger partial charge in [0.05, 0.1) is 13.7 Å². The summed E-state index contributed by atoms with van der Waals surface area (Å²) in [5.41, 5.74) is 0. The van der Waals surface area contributed by atoms with Crippen molar-refractivity contribution < 1.29 is 18.8 Å². The SMILES string of the molecule is COc1ccc(OCc2noc(CNC(=O)C=Cc3cccs3)n2)cc1. The van der Waals surface area contributed by atoms with Crippen molar-refractivity contribution in [2.75, 3.05) is 7.11 Å². The molecule has 0 saturated heterocycles. The highest BCUT2D eigenvalue weighted by Crippen LogP contribution is 2.17. The van der Waals surface area contributed by atoms with Gasteiger partial charge in [-0.05, 0) is 41.8 Å². The van der Waals surface area contributed by atoms with E-state index in [1.54, 1.807) is 48.8 Å². The first kappa shape index (κ1) is 17.7. The summed E-state index contributed by atoms with van der Waals surface area (Å²) in [5, 5.41) is 8.47. The van der Waals surface area contributed by atoms with E-state index in [4.69, 9.17) is 14.0 Å². The van der Waals surface area contributed by atoms with Crippen LogP contribution >= 0.6 is 11.3 Å². The Morgan fingerprint density at radius 1 is 1.27 bits per heavy atom. The second-order valence-electron chi connectivity index (χ2n) is 5.14. The van der Waals surface area contributed by atoms with Crippen molar-refractivity contribution in [3.8, 4) is 11.5 Å². The summed E-state index contributed by atoms with van der Waals surface area (Å²) in [6, 6.07) is 11.0. The second-order valence-corrected chi connectivity index (χ2v) is 6.11. The largest absolute Gasteiger partial charge is 0.497 e. The first-order valence-corrected chi connectivity index (χ1v) is 8.68. The number of methoxy groups -OCH3 is 1. The van der Waals surface area contributed by atoms with Gasteiger partial charge >= 0.3 is 0 Å².